The second-order valence-corrected chi connectivity index (χ2v) is 16.1. The van der Waals surface area contributed by atoms with Crippen LogP contribution in [0.3, 0.4) is 0 Å². The highest BCUT2D eigenvalue weighted by Gasteiger charge is 2.41. The van der Waals surface area contributed by atoms with Gasteiger partial charge in [0.15, 0.2) is 23.8 Å². The molecule has 2 N–H and O–H groups in total. The molecule has 61 heavy (non-hydrogen) atoms. The van der Waals surface area contributed by atoms with E-state index in [0.29, 0.717) is 36.8 Å². The fourth-order valence-corrected chi connectivity index (χ4v) is 6.61. The van der Waals surface area contributed by atoms with Crippen LogP contribution in [0.15, 0.2) is 130 Å². The quantitative estimate of drug-likeness (QED) is 0.0819. The normalized spacial score (nSPS) is 20.0. The van der Waals surface area contributed by atoms with Gasteiger partial charge in [-0.1, -0.05) is 156 Å². The number of Topliss-reactive ketones (excluding diaryl/α,β-unsaturated/α-hetero) is 2. The highest BCUT2D eigenvalue weighted by molar-refractivity contribution is 6.02. The molecule has 0 saturated carbocycles. The molecule has 0 saturated heterocycles. The Hall–Kier alpha value is -5.64. The number of allylic oxidation sites excluding steroid dienone is 20. The summed E-state index contributed by atoms with van der Waals surface area (Å²) < 4.78 is 10.9. The minimum atomic E-state index is -1.09. The van der Waals surface area contributed by atoms with Gasteiger partial charge in [-0.3, -0.25) is 28.8 Å². The number of ketones is 2. The number of carbonyl (C=O) groups excluding carboxylic acids is 4. The van der Waals surface area contributed by atoms with Crippen molar-refractivity contribution in [3.05, 3.63) is 130 Å². The summed E-state index contributed by atoms with van der Waals surface area (Å²) in [5, 5.41) is 15.7. The molecule has 10 heteroatoms. The summed E-state index contributed by atoms with van der Waals surface area (Å²) in [6.45, 7) is 25.4. The molecule has 334 valence electrons. The lowest BCUT2D eigenvalue weighted by atomic mass is 9.71. The summed E-state index contributed by atoms with van der Waals surface area (Å²) in [5.74, 6) is -2.46. The predicted molar refractivity (Wildman–Crippen MR) is 245 cm³/mol. The van der Waals surface area contributed by atoms with Crippen molar-refractivity contribution in [2.24, 2.45) is 10.8 Å². The molecule has 2 atom stereocenters. The second kappa shape index (κ2) is 28.0. The molecule has 10 nitrogen and oxygen atoms in total. The minimum absolute atomic E-state index is 0.119. The van der Waals surface area contributed by atoms with E-state index in [-0.39, 0.29) is 42.3 Å². The van der Waals surface area contributed by atoms with Gasteiger partial charge in [-0.15, -0.1) is 0 Å². The lowest BCUT2D eigenvalue weighted by molar-refractivity contribution is -0.157. The van der Waals surface area contributed by atoms with Crippen molar-refractivity contribution >= 4 is 35.9 Å². The van der Waals surface area contributed by atoms with E-state index >= 15 is 0 Å². The van der Waals surface area contributed by atoms with Crippen molar-refractivity contribution in [2.75, 3.05) is 0 Å². The molecule has 0 aromatic heterocycles. The molecule has 0 radical (unpaired) electrons. The highest BCUT2D eigenvalue weighted by atomic mass is 16.6. The highest BCUT2D eigenvalue weighted by Crippen LogP contribution is 2.42. The SMILES string of the molecule is CC.CCCC(=O)OC1CC(C)(C)C(/C=C/C(C)=C/C=C/C(C)=C/C=C/C=C(C)/C=C/C=C(C)/C=C/C2=C(C)C(=O)C(OC(=O)CCC(=O)O)CC2(C)C)=C(C)C1=O.O=CO. The summed E-state index contributed by atoms with van der Waals surface area (Å²) in [5.41, 5.74) is 6.50. The molecule has 0 bridgehead atoms. The lowest BCUT2D eigenvalue weighted by Crippen LogP contribution is -2.39. The summed E-state index contributed by atoms with van der Waals surface area (Å²) in [6.07, 6.45) is 27.6. The fraction of sp³-hybridized carbons (Fsp3) is 0.451. The number of hydrogen-bond acceptors (Lipinski definition) is 8. The van der Waals surface area contributed by atoms with Crippen LogP contribution in [-0.4, -0.2) is 58.4 Å². The molecule has 0 aromatic carbocycles. The zero-order chi connectivity index (χ0) is 46.9. The van der Waals surface area contributed by atoms with Crippen LogP contribution in [0.4, 0.5) is 0 Å². The van der Waals surface area contributed by atoms with Crippen LogP contribution >= 0.6 is 0 Å². The van der Waals surface area contributed by atoms with Crippen LogP contribution < -0.4 is 0 Å². The third-order valence-corrected chi connectivity index (χ3v) is 9.82. The molecular weight excluding hydrogens is 773 g/mol. The van der Waals surface area contributed by atoms with Gasteiger partial charge in [-0.25, -0.2) is 0 Å². The number of hydrogen-bond donors (Lipinski definition) is 2. The molecule has 0 fully saturated rings. The number of aliphatic carboxylic acids is 1. The molecule has 2 aliphatic rings. The first-order valence-corrected chi connectivity index (χ1v) is 20.9. The lowest BCUT2D eigenvalue weighted by Gasteiger charge is -2.36. The Morgan fingerprint density at radius 1 is 0.623 bits per heavy atom. The number of esters is 2. The van der Waals surface area contributed by atoms with Crippen LogP contribution in [0.5, 0.6) is 0 Å². The Bertz CT molecular complexity index is 1910. The molecule has 0 aliphatic heterocycles. The number of carboxylic acid groups (broad SMARTS) is 2. The predicted octanol–water partition coefficient (Wildman–Crippen LogP) is 11.4. The van der Waals surface area contributed by atoms with Crippen LogP contribution in [-0.2, 0) is 38.2 Å². The van der Waals surface area contributed by atoms with Gasteiger partial charge < -0.3 is 19.7 Å². The van der Waals surface area contributed by atoms with E-state index in [4.69, 9.17) is 24.5 Å². The smallest absolute Gasteiger partial charge is 0.307 e. The Morgan fingerprint density at radius 3 is 1.30 bits per heavy atom. The average molecular weight is 843 g/mol. The van der Waals surface area contributed by atoms with Crippen molar-refractivity contribution in [3.63, 3.8) is 0 Å². The summed E-state index contributed by atoms with van der Waals surface area (Å²) in [4.78, 5) is 69.2. The molecule has 0 aromatic rings. The largest absolute Gasteiger partial charge is 0.483 e. The molecule has 2 unspecified atom stereocenters. The fourth-order valence-electron chi connectivity index (χ4n) is 6.61. The third-order valence-electron chi connectivity index (χ3n) is 9.82. The van der Waals surface area contributed by atoms with Gasteiger partial charge in [0.2, 0.25) is 0 Å². The number of carboxylic acids is 1. The van der Waals surface area contributed by atoms with E-state index in [0.717, 1.165) is 33.4 Å². The maximum Gasteiger partial charge on any atom is 0.307 e. The number of ether oxygens (including phenoxy) is 2. The molecule has 2 rings (SSSR count). The van der Waals surface area contributed by atoms with Crippen molar-refractivity contribution in [3.8, 4) is 0 Å². The van der Waals surface area contributed by atoms with E-state index in [1.54, 1.807) is 6.92 Å². The summed E-state index contributed by atoms with van der Waals surface area (Å²) >= 11 is 0. The first-order chi connectivity index (χ1) is 28.6. The van der Waals surface area contributed by atoms with Crippen molar-refractivity contribution in [1.82, 2.24) is 0 Å². The Kier molecular flexibility index (Phi) is 25.4. The summed E-state index contributed by atoms with van der Waals surface area (Å²) in [7, 11) is 0. The molecule has 0 amide bonds. The standard InChI is InChI=1S/C48H62O8.C2H6.CH2O2/c1-12-17-43(51)55-40-30-47(8,9)38(36(6)45(40)53)26-24-34(4)22-15-20-32(2)18-13-14-19-33(3)21-16-23-35(5)25-27-39-37(7)46(54)41(31-48(39,10)11)56-44(52)29-28-42(49)50;1-2;2-1-3/h13-16,18-27,40-41H,12,17,28-31H2,1-11H3,(H,49,50);1-2H3;1H,(H,2,3)/b14-13+,20-15+,21-16+,26-24+,27-25+,32-18+,33-19+,34-22+,35-23+;;. The van der Waals surface area contributed by atoms with Crippen molar-refractivity contribution < 1.29 is 48.5 Å². The van der Waals surface area contributed by atoms with Gasteiger partial charge in [0.05, 0.1) is 12.8 Å². The maximum atomic E-state index is 13.0. The van der Waals surface area contributed by atoms with Crippen LogP contribution in [0.1, 0.15) is 129 Å². The second-order valence-electron chi connectivity index (χ2n) is 16.1. The maximum absolute atomic E-state index is 13.0. The van der Waals surface area contributed by atoms with Crippen molar-refractivity contribution in [1.29, 1.82) is 0 Å². The van der Waals surface area contributed by atoms with Gasteiger partial charge in [0, 0.05) is 19.3 Å². The van der Waals surface area contributed by atoms with E-state index in [1.807, 2.05) is 154 Å². The van der Waals surface area contributed by atoms with Crippen LogP contribution in [0, 0.1) is 10.8 Å². The molecule has 2 aliphatic carbocycles. The molecule has 0 spiro atoms. The Labute approximate surface area is 364 Å². The summed E-state index contributed by atoms with van der Waals surface area (Å²) in [6, 6.07) is 0. The van der Waals surface area contributed by atoms with Gasteiger partial charge in [-0.05, 0) is 81.1 Å². The van der Waals surface area contributed by atoms with E-state index in [2.05, 4.69) is 13.8 Å². The van der Waals surface area contributed by atoms with Gasteiger partial charge in [0.1, 0.15) is 0 Å². The van der Waals surface area contributed by atoms with E-state index < -0.39 is 29.6 Å². The monoisotopic (exact) mass is 842 g/mol. The first kappa shape index (κ1) is 55.4. The zero-order valence-electron chi connectivity index (χ0n) is 38.7. The molecule has 0 heterocycles. The Balaban J connectivity index is 0.00000687. The van der Waals surface area contributed by atoms with Gasteiger partial charge in [0.25, 0.3) is 6.47 Å². The first-order valence-electron chi connectivity index (χ1n) is 20.9. The van der Waals surface area contributed by atoms with Crippen LogP contribution in [0.25, 0.3) is 0 Å². The van der Waals surface area contributed by atoms with Crippen molar-refractivity contribution in [2.45, 2.75) is 141 Å². The molecular formula is C51H70O10. The zero-order valence-corrected chi connectivity index (χ0v) is 38.7. The van der Waals surface area contributed by atoms with Crippen LogP contribution in [0.2, 0.25) is 0 Å². The van der Waals surface area contributed by atoms with E-state index in [1.165, 1.54) is 0 Å². The average Bonchev–Trinajstić information content (AvgIpc) is 3.17. The van der Waals surface area contributed by atoms with Gasteiger partial charge in [-0.2, -0.15) is 0 Å². The topological polar surface area (TPSA) is 161 Å². The third kappa shape index (κ3) is 20.5. The Morgan fingerprint density at radius 2 is 0.951 bits per heavy atom. The number of rotatable bonds is 17. The minimum Gasteiger partial charge on any atom is -0.483 e. The number of carbonyl (C=O) groups is 6. The van der Waals surface area contributed by atoms with E-state index in [9.17, 15) is 24.0 Å². The van der Waals surface area contributed by atoms with Gasteiger partial charge >= 0.3 is 17.9 Å².